The lowest BCUT2D eigenvalue weighted by molar-refractivity contribution is 0.168. The molecule has 0 saturated carbocycles. The van der Waals surface area contributed by atoms with Crippen LogP contribution in [0, 0.1) is 11.8 Å². The predicted molar refractivity (Wildman–Crippen MR) is 86.2 cm³/mol. The van der Waals surface area contributed by atoms with Crippen LogP contribution in [0.2, 0.25) is 0 Å². The van der Waals surface area contributed by atoms with Crippen molar-refractivity contribution in [3.8, 4) is 11.8 Å². The minimum absolute atomic E-state index is 0.353. The van der Waals surface area contributed by atoms with Gasteiger partial charge in [0.1, 0.15) is 0 Å². The molecule has 0 fully saturated rings. The van der Waals surface area contributed by atoms with Crippen LogP contribution in [0.1, 0.15) is 30.1 Å². The van der Waals surface area contributed by atoms with Gasteiger partial charge in [-0.2, -0.15) is 0 Å². The molecule has 2 nitrogen and oxygen atoms in total. The fourth-order valence-corrected chi connectivity index (χ4v) is 2.73. The molecule has 0 aliphatic carbocycles. The number of aliphatic hydroxyl groups excluding tert-OH is 1. The monoisotopic (exact) mass is 277 g/mol. The molecule has 1 unspecified atom stereocenters. The third kappa shape index (κ3) is 3.26. The quantitative estimate of drug-likeness (QED) is 0.808. The van der Waals surface area contributed by atoms with E-state index in [1.54, 1.807) is 0 Å². The van der Waals surface area contributed by atoms with E-state index in [1.165, 1.54) is 0 Å². The Hall–Kier alpha value is -2.24. The molecule has 1 heterocycles. The minimum Gasteiger partial charge on any atom is -0.388 e. The zero-order valence-corrected chi connectivity index (χ0v) is 12.0. The highest BCUT2D eigenvalue weighted by Gasteiger charge is 2.19. The number of fused-ring (bicyclic) bond motifs is 1. The third-order valence-corrected chi connectivity index (χ3v) is 3.82. The second kappa shape index (κ2) is 6.47. The van der Waals surface area contributed by atoms with Crippen LogP contribution in [0.5, 0.6) is 0 Å². The summed E-state index contributed by atoms with van der Waals surface area (Å²) in [5.41, 5.74) is 3.18. The zero-order chi connectivity index (χ0) is 14.5. The molecule has 1 atom stereocenters. The molecule has 1 aliphatic rings. The normalized spacial score (nSPS) is 17.4. The van der Waals surface area contributed by atoms with Crippen molar-refractivity contribution in [1.82, 2.24) is 0 Å². The van der Waals surface area contributed by atoms with Crippen LogP contribution in [0.25, 0.3) is 0 Å². The Balaban J connectivity index is 1.80. The Kier molecular flexibility index (Phi) is 4.23. The summed E-state index contributed by atoms with van der Waals surface area (Å²) in [5, 5.41) is 10.2. The fourth-order valence-electron chi connectivity index (χ4n) is 2.73. The first-order valence-corrected chi connectivity index (χ1v) is 7.40. The number of para-hydroxylation sites is 1. The highest BCUT2D eigenvalue weighted by Crippen LogP contribution is 2.32. The van der Waals surface area contributed by atoms with Gasteiger partial charge >= 0.3 is 0 Å². The molecule has 0 radical (unpaired) electrons. The van der Waals surface area contributed by atoms with Crippen molar-refractivity contribution >= 4 is 5.69 Å². The van der Waals surface area contributed by atoms with Gasteiger partial charge in [-0.1, -0.05) is 48.2 Å². The van der Waals surface area contributed by atoms with Gasteiger partial charge in [-0.3, -0.25) is 0 Å². The summed E-state index contributed by atoms with van der Waals surface area (Å²) in [6, 6.07) is 18.1. The van der Waals surface area contributed by atoms with E-state index in [4.69, 9.17) is 0 Å². The maximum atomic E-state index is 10.2. The summed E-state index contributed by atoms with van der Waals surface area (Å²) >= 11 is 0. The first-order chi connectivity index (χ1) is 10.3. The standard InChI is InChI=1S/C19H19NO/c21-19-13-7-15-20(18-12-5-4-11-17(18)19)14-6-10-16-8-2-1-3-9-16/h1-5,8-9,11-12,19,21H,7,13-15H2. The first-order valence-electron chi connectivity index (χ1n) is 7.40. The second-order valence-electron chi connectivity index (χ2n) is 5.31. The number of benzene rings is 2. The molecule has 0 aromatic heterocycles. The summed E-state index contributed by atoms with van der Waals surface area (Å²) in [6.45, 7) is 1.64. The van der Waals surface area contributed by atoms with E-state index in [-0.39, 0.29) is 6.10 Å². The van der Waals surface area contributed by atoms with Crippen LogP contribution in [0.15, 0.2) is 54.6 Å². The van der Waals surface area contributed by atoms with E-state index < -0.39 is 0 Å². The number of rotatable bonds is 1. The van der Waals surface area contributed by atoms with Gasteiger partial charge in [-0.05, 0) is 31.0 Å². The molecule has 0 saturated heterocycles. The van der Waals surface area contributed by atoms with Gasteiger partial charge < -0.3 is 10.0 Å². The first kappa shape index (κ1) is 13.7. The van der Waals surface area contributed by atoms with Gasteiger partial charge in [0.25, 0.3) is 0 Å². The summed E-state index contributed by atoms with van der Waals surface area (Å²) < 4.78 is 0. The van der Waals surface area contributed by atoms with E-state index >= 15 is 0 Å². The molecule has 2 aromatic rings. The topological polar surface area (TPSA) is 23.5 Å². The van der Waals surface area contributed by atoms with Crippen molar-refractivity contribution < 1.29 is 5.11 Å². The lowest BCUT2D eigenvalue weighted by Gasteiger charge is -2.22. The van der Waals surface area contributed by atoms with E-state index in [0.717, 1.165) is 36.2 Å². The smallest absolute Gasteiger partial charge is 0.0810 e. The fraction of sp³-hybridized carbons (Fsp3) is 0.263. The molecule has 3 rings (SSSR count). The van der Waals surface area contributed by atoms with E-state index in [2.05, 4.69) is 22.8 Å². The average molecular weight is 277 g/mol. The molecule has 1 N–H and O–H groups in total. The zero-order valence-electron chi connectivity index (χ0n) is 12.0. The van der Waals surface area contributed by atoms with Crippen LogP contribution in [0.4, 0.5) is 5.69 Å². The molecular formula is C19H19NO. The Bertz CT molecular complexity index is 654. The molecule has 2 heteroatoms. The van der Waals surface area contributed by atoms with Crippen molar-refractivity contribution in [2.75, 3.05) is 18.0 Å². The molecule has 0 bridgehead atoms. The highest BCUT2D eigenvalue weighted by molar-refractivity contribution is 5.56. The number of hydrogen-bond acceptors (Lipinski definition) is 2. The SMILES string of the molecule is OC1CCCN(CC#Cc2ccccc2)c2ccccc21. The highest BCUT2D eigenvalue weighted by atomic mass is 16.3. The van der Waals surface area contributed by atoms with E-state index in [0.29, 0.717) is 6.54 Å². The molecule has 0 spiro atoms. The molecule has 0 amide bonds. The Morgan fingerprint density at radius 2 is 1.81 bits per heavy atom. The van der Waals surface area contributed by atoms with Crippen LogP contribution >= 0.6 is 0 Å². The number of hydrogen-bond donors (Lipinski definition) is 1. The average Bonchev–Trinajstić information content (AvgIpc) is 2.69. The van der Waals surface area contributed by atoms with Crippen molar-refractivity contribution in [3.63, 3.8) is 0 Å². The largest absolute Gasteiger partial charge is 0.388 e. The molecular weight excluding hydrogens is 258 g/mol. The van der Waals surface area contributed by atoms with Gasteiger partial charge in [0.2, 0.25) is 0 Å². The van der Waals surface area contributed by atoms with Crippen LogP contribution < -0.4 is 4.90 Å². The van der Waals surface area contributed by atoms with Crippen LogP contribution in [-0.4, -0.2) is 18.2 Å². The van der Waals surface area contributed by atoms with Crippen LogP contribution in [-0.2, 0) is 0 Å². The van der Waals surface area contributed by atoms with Crippen molar-refractivity contribution in [3.05, 3.63) is 65.7 Å². The molecule has 106 valence electrons. The summed E-state index contributed by atoms with van der Waals surface area (Å²) in [4.78, 5) is 2.27. The summed E-state index contributed by atoms with van der Waals surface area (Å²) in [5.74, 6) is 6.45. The van der Waals surface area contributed by atoms with Crippen LogP contribution in [0.3, 0.4) is 0 Å². The van der Waals surface area contributed by atoms with Gasteiger partial charge in [-0.15, -0.1) is 0 Å². The molecule has 2 aromatic carbocycles. The maximum absolute atomic E-state index is 10.2. The van der Waals surface area contributed by atoms with Gasteiger partial charge in [-0.25, -0.2) is 0 Å². The third-order valence-electron chi connectivity index (χ3n) is 3.82. The maximum Gasteiger partial charge on any atom is 0.0810 e. The van der Waals surface area contributed by atoms with Gasteiger partial charge in [0.15, 0.2) is 0 Å². The van der Waals surface area contributed by atoms with Gasteiger partial charge in [0, 0.05) is 23.4 Å². The predicted octanol–water partition coefficient (Wildman–Crippen LogP) is 3.37. The van der Waals surface area contributed by atoms with E-state index in [1.807, 2.05) is 48.5 Å². The number of anilines is 1. The number of aliphatic hydroxyl groups is 1. The Labute approximate surface area is 126 Å². The van der Waals surface area contributed by atoms with Crippen molar-refractivity contribution in [1.29, 1.82) is 0 Å². The second-order valence-corrected chi connectivity index (χ2v) is 5.31. The lowest BCUT2D eigenvalue weighted by Crippen LogP contribution is -2.24. The Morgan fingerprint density at radius 1 is 1.05 bits per heavy atom. The summed E-state index contributed by atoms with van der Waals surface area (Å²) in [6.07, 6.45) is 1.45. The lowest BCUT2D eigenvalue weighted by atomic mass is 10.0. The summed E-state index contributed by atoms with van der Waals surface area (Å²) in [7, 11) is 0. The van der Waals surface area contributed by atoms with Crippen molar-refractivity contribution in [2.24, 2.45) is 0 Å². The number of nitrogens with zero attached hydrogens (tertiary/aromatic N) is 1. The molecule has 1 aliphatic heterocycles. The van der Waals surface area contributed by atoms with Crippen molar-refractivity contribution in [2.45, 2.75) is 18.9 Å². The van der Waals surface area contributed by atoms with E-state index in [9.17, 15) is 5.11 Å². The minimum atomic E-state index is -0.353. The van der Waals surface area contributed by atoms with Gasteiger partial charge in [0.05, 0.1) is 12.6 Å². The Morgan fingerprint density at radius 3 is 2.67 bits per heavy atom. The molecule has 21 heavy (non-hydrogen) atoms.